The van der Waals surface area contributed by atoms with E-state index in [4.69, 9.17) is 4.74 Å². The molecule has 3 heteroatoms. The van der Waals surface area contributed by atoms with Crippen LogP contribution >= 0.6 is 11.8 Å². The van der Waals surface area contributed by atoms with Crippen molar-refractivity contribution in [3.63, 3.8) is 0 Å². The number of ether oxygens (including phenoxy) is 1. The summed E-state index contributed by atoms with van der Waals surface area (Å²) in [6.07, 6.45) is 0. The highest BCUT2D eigenvalue weighted by Gasteiger charge is 2.12. The Morgan fingerprint density at radius 1 is 1.11 bits per heavy atom. The first-order valence-electron chi connectivity index (χ1n) is 6.05. The molecule has 0 heterocycles. The van der Waals surface area contributed by atoms with Crippen LogP contribution in [0.2, 0.25) is 0 Å². The van der Waals surface area contributed by atoms with Crippen LogP contribution in [0.5, 0.6) is 5.75 Å². The lowest BCUT2D eigenvalue weighted by atomic mass is 10.0. The fraction of sp³-hybridized carbons (Fsp3) is 0.188. The highest BCUT2D eigenvalue weighted by Crippen LogP contribution is 2.32. The molecule has 2 aromatic rings. The molecular formula is C16H15NOS. The summed E-state index contributed by atoms with van der Waals surface area (Å²) in [7, 11) is 1.67. The summed E-state index contributed by atoms with van der Waals surface area (Å²) < 4.78 is 5.31. The van der Waals surface area contributed by atoms with E-state index < -0.39 is 0 Å². The van der Waals surface area contributed by atoms with Crippen LogP contribution in [0.1, 0.15) is 11.5 Å². The summed E-state index contributed by atoms with van der Waals surface area (Å²) in [5.74, 6) is 1.48. The molecule has 96 valence electrons. The Labute approximate surface area is 118 Å². The van der Waals surface area contributed by atoms with Gasteiger partial charge < -0.3 is 4.74 Å². The van der Waals surface area contributed by atoms with Gasteiger partial charge in [-0.05, 0) is 17.7 Å². The van der Waals surface area contributed by atoms with Gasteiger partial charge in [0.25, 0.3) is 0 Å². The summed E-state index contributed by atoms with van der Waals surface area (Å²) >= 11 is 1.65. The highest BCUT2D eigenvalue weighted by atomic mass is 32.2. The van der Waals surface area contributed by atoms with E-state index in [1.165, 1.54) is 0 Å². The number of para-hydroxylation sites is 1. The predicted octanol–water partition coefficient (Wildman–Crippen LogP) is 4.09. The lowest BCUT2D eigenvalue weighted by Crippen LogP contribution is -1.99. The number of nitrogens with zero attached hydrogens (tertiary/aromatic N) is 1. The van der Waals surface area contributed by atoms with Gasteiger partial charge in [-0.2, -0.15) is 5.26 Å². The predicted molar refractivity (Wildman–Crippen MR) is 78.5 cm³/mol. The summed E-state index contributed by atoms with van der Waals surface area (Å²) in [6.45, 7) is 0. The van der Waals surface area contributed by atoms with E-state index >= 15 is 0 Å². The smallest absolute Gasteiger partial charge is 0.132 e. The molecule has 0 spiro atoms. The lowest BCUT2D eigenvalue weighted by Gasteiger charge is -2.11. The monoisotopic (exact) mass is 269 g/mol. The molecule has 1 unspecified atom stereocenters. The molecule has 2 nitrogen and oxygen atoms in total. The number of hydrogen-bond donors (Lipinski definition) is 0. The summed E-state index contributed by atoms with van der Waals surface area (Å²) in [4.78, 5) is 1.07. The zero-order valence-electron chi connectivity index (χ0n) is 10.7. The Bertz CT molecular complexity index is 562. The van der Waals surface area contributed by atoms with Crippen LogP contribution in [-0.4, -0.2) is 12.9 Å². The zero-order valence-corrected chi connectivity index (χ0v) is 11.6. The van der Waals surface area contributed by atoms with Crippen LogP contribution in [0.4, 0.5) is 0 Å². The van der Waals surface area contributed by atoms with Gasteiger partial charge in [-0.25, -0.2) is 0 Å². The fourth-order valence-electron chi connectivity index (χ4n) is 1.80. The second kappa shape index (κ2) is 6.86. The molecular weight excluding hydrogens is 254 g/mol. The van der Waals surface area contributed by atoms with Crippen LogP contribution in [0.15, 0.2) is 59.5 Å². The molecule has 2 rings (SSSR count). The summed E-state index contributed by atoms with van der Waals surface area (Å²) in [5, 5.41) is 9.29. The van der Waals surface area contributed by atoms with Crippen LogP contribution in [-0.2, 0) is 0 Å². The van der Waals surface area contributed by atoms with Gasteiger partial charge in [0.15, 0.2) is 0 Å². The highest BCUT2D eigenvalue weighted by molar-refractivity contribution is 7.99. The molecule has 0 fully saturated rings. The molecule has 0 aliphatic heterocycles. The van der Waals surface area contributed by atoms with E-state index in [1.54, 1.807) is 18.9 Å². The molecule has 0 aliphatic carbocycles. The van der Waals surface area contributed by atoms with Crippen molar-refractivity contribution in [2.75, 3.05) is 12.9 Å². The third-order valence-electron chi connectivity index (χ3n) is 2.83. The van der Waals surface area contributed by atoms with Crippen molar-refractivity contribution in [2.45, 2.75) is 10.8 Å². The minimum absolute atomic E-state index is 0.101. The molecule has 0 saturated heterocycles. The topological polar surface area (TPSA) is 33.0 Å². The molecule has 0 saturated carbocycles. The number of hydrogen-bond acceptors (Lipinski definition) is 3. The Morgan fingerprint density at radius 3 is 2.47 bits per heavy atom. The van der Waals surface area contributed by atoms with E-state index in [0.29, 0.717) is 0 Å². The molecule has 0 bridgehead atoms. The largest absolute Gasteiger partial charge is 0.496 e. The number of nitriles is 1. The van der Waals surface area contributed by atoms with Gasteiger partial charge >= 0.3 is 0 Å². The van der Waals surface area contributed by atoms with Crippen molar-refractivity contribution in [1.29, 1.82) is 5.26 Å². The maximum absolute atomic E-state index is 9.29. The Balaban J connectivity index is 2.07. The quantitative estimate of drug-likeness (QED) is 0.766. The van der Waals surface area contributed by atoms with E-state index in [0.717, 1.165) is 22.0 Å². The molecule has 0 N–H and O–H groups in total. The Kier molecular flexibility index (Phi) is 4.88. The van der Waals surface area contributed by atoms with Crippen molar-refractivity contribution in [2.24, 2.45) is 0 Å². The summed E-state index contributed by atoms with van der Waals surface area (Å²) in [6, 6.07) is 20.1. The lowest BCUT2D eigenvalue weighted by molar-refractivity contribution is 0.405. The SMILES string of the molecule is COc1ccccc1SCC(C#N)c1ccccc1. The van der Waals surface area contributed by atoms with Gasteiger partial charge in [0, 0.05) is 10.6 Å². The molecule has 2 aromatic carbocycles. The van der Waals surface area contributed by atoms with Gasteiger partial charge in [-0.15, -0.1) is 11.8 Å². The van der Waals surface area contributed by atoms with Gasteiger partial charge in [0.1, 0.15) is 5.75 Å². The van der Waals surface area contributed by atoms with Gasteiger partial charge in [0.05, 0.1) is 19.1 Å². The molecule has 0 aliphatic rings. The number of thioether (sulfide) groups is 1. The first kappa shape index (κ1) is 13.5. The second-order valence-corrected chi connectivity index (χ2v) is 5.12. The van der Waals surface area contributed by atoms with Gasteiger partial charge in [-0.3, -0.25) is 0 Å². The maximum Gasteiger partial charge on any atom is 0.132 e. The van der Waals surface area contributed by atoms with E-state index in [9.17, 15) is 5.26 Å². The molecule has 0 aromatic heterocycles. The van der Waals surface area contributed by atoms with Gasteiger partial charge in [0.2, 0.25) is 0 Å². The van der Waals surface area contributed by atoms with Crippen molar-refractivity contribution in [3.8, 4) is 11.8 Å². The average molecular weight is 269 g/mol. The third-order valence-corrected chi connectivity index (χ3v) is 3.98. The summed E-state index contributed by atoms with van der Waals surface area (Å²) in [5.41, 5.74) is 1.06. The molecule has 1 atom stereocenters. The number of rotatable bonds is 5. The first-order chi connectivity index (χ1) is 9.35. The van der Waals surface area contributed by atoms with Crippen LogP contribution in [0, 0.1) is 11.3 Å². The van der Waals surface area contributed by atoms with Gasteiger partial charge in [-0.1, -0.05) is 42.5 Å². The number of benzene rings is 2. The van der Waals surface area contributed by atoms with Crippen molar-refractivity contribution < 1.29 is 4.74 Å². The molecule has 0 amide bonds. The first-order valence-corrected chi connectivity index (χ1v) is 7.04. The normalized spacial score (nSPS) is 11.6. The fourth-order valence-corrected chi connectivity index (χ4v) is 2.89. The van der Waals surface area contributed by atoms with Crippen molar-refractivity contribution in [3.05, 3.63) is 60.2 Å². The third kappa shape index (κ3) is 3.52. The minimum Gasteiger partial charge on any atom is -0.496 e. The molecule has 0 radical (unpaired) electrons. The molecule has 19 heavy (non-hydrogen) atoms. The van der Waals surface area contributed by atoms with E-state index in [-0.39, 0.29) is 5.92 Å². The van der Waals surface area contributed by atoms with E-state index in [1.807, 2.05) is 54.6 Å². The zero-order chi connectivity index (χ0) is 13.5. The Morgan fingerprint density at radius 2 is 1.79 bits per heavy atom. The van der Waals surface area contributed by atoms with Crippen molar-refractivity contribution >= 4 is 11.8 Å². The standard InChI is InChI=1S/C16H15NOS/c1-18-15-9-5-6-10-16(15)19-12-14(11-17)13-7-3-2-4-8-13/h2-10,14H,12H2,1H3. The van der Waals surface area contributed by atoms with Crippen LogP contribution < -0.4 is 4.74 Å². The second-order valence-electron chi connectivity index (χ2n) is 4.05. The van der Waals surface area contributed by atoms with Crippen molar-refractivity contribution in [1.82, 2.24) is 0 Å². The average Bonchev–Trinajstić information content (AvgIpc) is 2.49. The van der Waals surface area contributed by atoms with Crippen LogP contribution in [0.3, 0.4) is 0 Å². The van der Waals surface area contributed by atoms with Crippen LogP contribution in [0.25, 0.3) is 0 Å². The minimum atomic E-state index is -0.101. The maximum atomic E-state index is 9.29. The van der Waals surface area contributed by atoms with E-state index in [2.05, 4.69) is 6.07 Å². The number of methoxy groups -OCH3 is 1. The Hall–Kier alpha value is -1.92.